The number of aliphatic hydroxyl groups excluding tert-OH is 1. The van der Waals surface area contributed by atoms with Gasteiger partial charge < -0.3 is 5.11 Å². The van der Waals surface area contributed by atoms with E-state index >= 15 is 0 Å². The van der Waals surface area contributed by atoms with E-state index in [1.165, 1.54) is 6.07 Å². The van der Waals surface area contributed by atoms with Gasteiger partial charge in [-0.3, -0.25) is 0 Å². The molecule has 1 rings (SSSR count). The average molecular weight is 298 g/mol. The molecule has 0 aliphatic rings. The van der Waals surface area contributed by atoms with Gasteiger partial charge in [-0.2, -0.15) is 0 Å². The highest BCUT2D eigenvalue weighted by Gasteiger charge is 2.11. The first kappa shape index (κ1) is 10.2. The van der Waals surface area contributed by atoms with Crippen molar-refractivity contribution < 1.29 is 9.50 Å². The summed E-state index contributed by atoms with van der Waals surface area (Å²) in [5, 5.41) is 9.66. The maximum atomic E-state index is 13.0. The van der Waals surface area contributed by atoms with Crippen molar-refractivity contribution in [3.8, 4) is 0 Å². The monoisotopic (exact) mass is 296 g/mol. The number of halogens is 3. The zero-order chi connectivity index (χ0) is 9.14. The molecule has 0 aliphatic heterocycles. The van der Waals surface area contributed by atoms with Crippen LogP contribution in [0.3, 0.4) is 0 Å². The predicted molar refractivity (Wildman–Crippen MR) is 52.9 cm³/mol. The van der Waals surface area contributed by atoms with Crippen LogP contribution in [0.4, 0.5) is 4.39 Å². The first-order valence-electron chi connectivity index (χ1n) is 3.34. The predicted octanol–water partition coefficient (Wildman–Crippen LogP) is 3.02. The lowest BCUT2D eigenvalue weighted by atomic mass is 10.1. The van der Waals surface area contributed by atoms with E-state index in [0.29, 0.717) is 10.9 Å². The summed E-state index contributed by atoms with van der Waals surface area (Å²) in [5.41, 5.74) is 0.307. The largest absolute Gasteiger partial charge is 0.387 e. The molecule has 0 bridgehead atoms. The SMILES string of the molecule is O[C@H](CBr)c1cc(Br)ccc1F. The van der Waals surface area contributed by atoms with Crippen molar-refractivity contribution in [2.24, 2.45) is 0 Å². The van der Waals surface area contributed by atoms with E-state index < -0.39 is 6.10 Å². The molecule has 0 fully saturated rings. The van der Waals surface area contributed by atoms with Gasteiger partial charge in [0.15, 0.2) is 0 Å². The number of hydrogen-bond donors (Lipinski definition) is 1. The first-order chi connectivity index (χ1) is 5.65. The third kappa shape index (κ3) is 2.28. The van der Waals surface area contributed by atoms with Gasteiger partial charge in [0.05, 0.1) is 6.10 Å². The molecule has 0 aliphatic carbocycles. The fourth-order valence-electron chi connectivity index (χ4n) is 0.853. The van der Waals surface area contributed by atoms with E-state index in [9.17, 15) is 9.50 Å². The number of aliphatic hydroxyl groups is 1. The van der Waals surface area contributed by atoms with Crippen LogP contribution in [0.5, 0.6) is 0 Å². The summed E-state index contributed by atoms with van der Waals surface area (Å²) in [5.74, 6) is -0.384. The van der Waals surface area contributed by atoms with Crippen LogP contribution in [-0.4, -0.2) is 10.4 Å². The van der Waals surface area contributed by atoms with Gasteiger partial charge in [-0.1, -0.05) is 31.9 Å². The lowest BCUT2D eigenvalue weighted by Crippen LogP contribution is -2.01. The number of benzene rings is 1. The third-order valence-corrected chi connectivity index (χ3v) is 2.57. The molecule has 1 aromatic rings. The Bertz CT molecular complexity index is 278. The molecule has 4 heteroatoms. The normalized spacial score (nSPS) is 13.0. The van der Waals surface area contributed by atoms with Crippen LogP contribution in [0, 0.1) is 5.82 Å². The van der Waals surface area contributed by atoms with Gasteiger partial charge in [-0.05, 0) is 18.2 Å². The van der Waals surface area contributed by atoms with Crippen molar-refractivity contribution >= 4 is 31.9 Å². The Kier molecular flexibility index (Phi) is 3.68. The summed E-state index contributed by atoms with van der Waals surface area (Å²) in [7, 11) is 0. The molecule has 66 valence electrons. The van der Waals surface area contributed by atoms with Crippen LogP contribution in [0.1, 0.15) is 11.7 Å². The second-order valence-corrected chi connectivity index (χ2v) is 3.90. The van der Waals surface area contributed by atoms with Gasteiger partial charge in [0.25, 0.3) is 0 Å². The van der Waals surface area contributed by atoms with E-state index in [2.05, 4.69) is 31.9 Å². The number of hydrogen-bond acceptors (Lipinski definition) is 1. The molecule has 1 aromatic carbocycles. The zero-order valence-corrected chi connectivity index (χ0v) is 9.27. The average Bonchev–Trinajstić information content (AvgIpc) is 2.08. The molecule has 1 atom stereocenters. The third-order valence-electron chi connectivity index (χ3n) is 1.46. The molecule has 12 heavy (non-hydrogen) atoms. The minimum atomic E-state index is -0.789. The van der Waals surface area contributed by atoms with E-state index in [1.807, 2.05) is 0 Å². The highest BCUT2D eigenvalue weighted by atomic mass is 79.9. The summed E-state index contributed by atoms with van der Waals surface area (Å²) in [6.07, 6.45) is -0.789. The molecule has 0 saturated carbocycles. The second kappa shape index (κ2) is 4.35. The van der Waals surface area contributed by atoms with Gasteiger partial charge in [-0.15, -0.1) is 0 Å². The quantitative estimate of drug-likeness (QED) is 0.832. The van der Waals surface area contributed by atoms with E-state index in [0.717, 1.165) is 4.47 Å². The standard InChI is InChI=1S/C8H7Br2FO/c9-4-8(12)6-3-5(10)1-2-7(6)11/h1-3,8,12H,4H2/t8-/m1/s1. The molecule has 0 unspecified atom stereocenters. The molecular weight excluding hydrogens is 291 g/mol. The van der Waals surface area contributed by atoms with Crippen molar-refractivity contribution in [1.82, 2.24) is 0 Å². The fourth-order valence-corrected chi connectivity index (χ4v) is 1.58. The van der Waals surface area contributed by atoms with Crippen molar-refractivity contribution in [3.63, 3.8) is 0 Å². The van der Waals surface area contributed by atoms with Crippen LogP contribution in [0.25, 0.3) is 0 Å². The molecule has 0 radical (unpaired) electrons. The van der Waals surface area contributed by atoms with Crippen molar-refractivity contribution in [2.75, 3.05) is 5.33 Å². The Morgan fingerprint density at radius 2 is 2.17 bits per heavy atom. The fraction of sp³-hybridized carbons (Fsp3) is 0.250. The Labute approximate surface area is 86.9 Å². The van der Waals surface area contributed by atoms with Crippen LogP contribution in [-0.2, 0) is 0 Å². The highest BCUT2D eigenvalue weighted by molar-refractivity contribution is 9.10. The Morgan fingerprint density at radius 1 is 1.50 bits per heavy atom. The molecule has 1 nitrogen and oxygen atoms in total. The van der Waals surface area contributed by atoms with E-state index in [1.54, 1.807) is 12.1 Å². The highest BCUT2D eigenvalue weighted by Crippen LogP contribution is 2.22. The molecule has 1 N–H and O–H groups in total. The number of alkyl halides is 1. The number of rotatable bonds is 2. The summed E-state index contributed by atoms with van der Waals surface area (Å²) >= 11 is 6.28. The van der Waals surface area contributed by atoms with Gasteiger partial charge in [0.2, 0.25) is 0 Å². The summed E-state index contributed by atoms with van der Waals surface area (Å²) in [6, 6.07) is 4.49. The Balaban J connectivity index is 3.04. The summed E-state index contributed by atoms with van der Waals surface area (Å²) in [6.45, 7) is 0. The summed E-state index contributed by atoms with van der Waals surface area (Å²) in [4.78, 5) is 0. The van der Waals surface area contributed by atoms with Crippen LogP contribution in [0.15, 0.2) is 22.7 Å². The van der Waals surface area contributed by atoms with Crippen LogP contribution < -0.4 is 0 Å². The van der Waals surface area contributed by atoms with Gasteiger partial charge in [0.1, 0.15) is 5.82 Å². The van der Waals surface area contributed by atoms with Gasteiger partial charge in [-0.25, -0.2) is 4.39 Å². The van der Waals surface area contributed by atoms with E-state index in [4.69, 9.17) is 0 Å². The zero-order valence-electron chi connectivity index (χ0n) is 6.10. The molecule has 0 saturated heterocycles. The van der Waals surface area contributed by atoms with Gasteiger partial charge >= 0.3 is 0 Å². The topological polar surface area (TPSA) is 20.2 Å². The molecule has 0 amide bonds. The maximum Gasteiger partial charge on any atom is 0.129 e. The van der Waals surface area contributed by atoms with Gasteiger partial charge in [0, 0.05) is 15.4 Å². The second-order valence-electron chi connectivity index (χ2n) is 2.34. The minimum absolute atomic E-state index is 0.307. The van der Waals surface area contributed by atoms with Crippen molar-refractivity contribution in [1.29, 1.82) is 0 Å². The van der Waals surface area contributed by atoms with Crippen molar-refractivity contribution in [3.05, 3.63) is 34.1 Å². The lowest BCUT2D eigenvalue weighted by Gasteiger charge is -2.08. The maximum absolute atomic E-state index is 13.0. The lowest BCUT2D eigenvalue weighted by molar-refractivity contribution is 0.200. The molecule has 0 aromatic heterocycles. The minimum Gasteiger partial charge on any atom is -0.387 e. The smallest absolute Gasteiger partial charge is 0.129 e. The molecule has 0 heterocycles. The molecule has 0 spiro atoms. The first-order valence-corrected chi connectivity index (χ1v) is 5.25. The van der Waals surface area contributed by atoms with E-state index in [-0.39, 0.29) is 5.82 Å². The Morgan fingerprint density at radius 3 is 2.75 bits per heavy atom. The van der Waals surface area contributed by atoms with Crippen LogP contribution in [0.2, 0.25) is 0 Å². The van der Waals surface area contributed by atoms with Crippen LogP contribution >= 0.6 is 31.9 Å². The van der Waals surface area contributed by atoms with Crippen molar-refractivity contribution in [2.45, 2.75) is 6.10 Å². The summed E-state index contributed by atoms with van der Waals surface area (Å²) < 4.78 is 13.8. The Hall–Kier alpha value is 0.0700. The molecular formula is C8H7Br2FO.